The van der Waals surface area contributed by atoms with Crippen LogP contribution < -0.4 is 5.32 Å². The van der Waals surface area contributed by atoms with Gasteiger partial charge in [0.25, 0.3) is 0 Å². The fourth-order valence-corrected chi connectivity index (χ4v) is 3.06. The molecule has 1 unspecified atom stereocenters. The maximum Gasteiger partial charge on any atom is 0.320 e. The summed E-state index contributed by atoms with van der Waals surface area (Å²) in [5.74, 6) is -1.68. The number of benzene rings is 1. The molecule has 0 aliphatic carbocycles. The van der Waals surface area contributed by atoms with Crippen LogP contribution in [0.4, 0.5) is 10.1 Å². The van der Waals surface area contributed by atoms with Gasteiger partial charge in [-0.25, -0.2) is 4.39 Å². The molecular formula is C16H21Cl2FN2O3. The summed E-state index contributed by atoms with van der Waals surface area (Å²) in [4.78, 5) is 25.3. The van der Waals surface area contributed by atoms with E-state index in [0.29, 0.717) is 38.0 Å². The van der Waals surface area contributed by atoms with Gasteiger partial charge in [0.1, 0.15) is 11.9 Å². The highest BCUT2D eigenvalue weighted by molar-refractivity contribution is 6.31. The number of halogens is 3. The summed E-state index contributed by atoms with van der Waals surface area (Å²) in [6.45, 7) is 3.00. The van der Waals surface area contributed by atoms with Gasteiger partial charge >= 0.3 is 5.97 Å². The molecule has 1 heterocycles. The van der Waals surface area contributed by atoms with Gasteiger partial charge in [-0.3, -0.25) is 14.5 Å². The van der Waals surface area contributed by atoms with Crippen molar-refractivity contribution in [3.63, 3.8) is 0 Å². The fraction of sp³-hybridized carbons (Fsp3) is 0.500. The molecule has 8 heteroatoms. The molecule has 1 aromatic rings. The number of hydrogen-bond acceptors (Lipinski definition) is 3. The minimum Gasteiger partial charge on any atom is -0.480 e. The number of nitrogens with zero attached hydrogens (tertiary/aromatic N) is 1. The average molecular weight is 379 g/mol. The van der Waals surface area contributed by atoms with Crippen molar-refractivity contribution >= 4 is 41.6 Å². The molecule has 2 rings (SSSR count). The molecule has 1 amide bonds. The summed E-state index contributed by atoms with van der Waals surface area (Å²) >= 11 is 5.69. The van der Waals surface area contributed by atoms with Gasteiger partial charge in [0.15, 0.2) is 0 Å². The molecule has 2 N–H and O–H groups in total. The van der Waals surface area contributed by atoms with E-state index in [9.17, 15) is 19.1 Å². The number of likely N-dealkylation sites (tertiary alicyclic amines) is 1. The number of amides is 1. The van der Waals surface area contributed by atoms with Gasteiger partial charge < -0.3 is 10.4 Å². The molecule has 24 heavy (non-hydrogen) atoms. The highest BCUT2D eigenvalue weighted by atomic mass is 35.5. The Labute approximate surface area is 151 Å². The largest absolute Gasteiger partial charge is 0.480 e. The predicted molar refractivity (Wildman–Crippen MR) is 93.3 cm³/mol. The number of anilines is 1. The molecule has 5 nitrogen and oxygen atoms in total. The lowest BCUT2D eigenvalue weighted by Gasteiger charge is -2.34. The zero-order chi connectivity index (χ0) is 17.0. The molecular weight excluding hydrogens is 358 g/mol. The quantitative estimate of drug-likeness (QED) is 0.823. The van der Waals surface area contributed by atoms with Crippen molar-refractivity contribution in [1.29, 1.82) is 0 Å². The summed E-state index contributed by atoms with van der Waals surface area (Å²) in [5.41, 5.74) is 0.459. The molecule has 0 aromatic heterocycles. The van der Waals surface area contributed by atoms with E-state index in [-0.39, 0.29) is 29.3 Å². The van der Waals surface area contributed by atoms with Crippen molar-refractivity contribution < 1.29 is 19.1 Å². The Kier molecular flexibility index (Phi) is 7.93. The predicted octanol–water partition coefficient (Wildman–Crippen LogP) is 3.41. The maximum absolute atomic E-state index is 13.1. The zero-order valence-electron chi connectivity index (χ0n) is 13.3. The van der Waals surface area contributed by atoms with Crippen LogP contribution in [0, 0.1) is 11.7 Å². The first kappa shape index (κ1) is 20.7. The first-order valence-corrected chi connectivity index (χ1v) is 8.03. The van der Waals surface area contributed by atoms with Crippen molar-refractivity contribution in [2.45, 2.75) is 32.2 Å². The highest BCUT2D eigenvalue weighted by Crippen LogP contribution is 2.24. The molecule has 0 bridgehead atoms. The van der Waals surface area contributed by atoms with Gasteiger partial charge in [-0.2, -0.15) is 0 Å². The van der Waals surface area contributed by atoms with Crippen LogP contribution in [-0.4, -0.2) is 41.0 Å². The zero-order valence-corrected chi connectivity index (χ0v) is 14.9. The molecule has 1 aliphatic heterocycles. The number of piperidine rings is 1. The Morgan fingerprint density at radius 3 is 2.54 bits per heavy atom. The summed E-state index contributed by atoms with van der Waals surface area (Å²) in [6, 6.07) is 3.56. The molecule has 0 saturated carbocycles. The van der Waals surface area contributed by atoms with Crippen LogP contribution in [0.2, 0.25) is 5.02 Å². The number of rotatable bonds is 5. The van der Waals surface area contributed by atoms with Crippen LogP contribution in [0.1, 0.15) is 26.2 Å². The van der Waals surface area contributed by atoms with Gasteiger partial charge in [-0.15, -0.1) is 12.4 Å². The van der Waals surface area contributed by atoms with Gasteiger partial charge in [0.05, 0.1) is 5.02 Å². The van der Waals surface area contributed by atoms with E-state index < -0.39 is 17.8 Å². The van der Waals surface area contributed by atoms with E-state index in [1.54, 1.807) is 0 Å². The van der Waals surface area contributed by atoms with Gasteiger partial charge in [0, 0.05) is 11.6 Å². The monoisotopic (exact) mass is 378 g/mol. The molecule has 0 radical (unpaired) electrons. The second-order valence-corrected chi connectivity index (χ2v) is 6.10. The van der Waals surface area contributed by atoms with E-state index in [4.69, 9.17) is 11.6 Å². The van der Waals surface area contributed by atoms with Gasteiger partial charge in [0.2, 0.25) is 5.91 Å². The molecule has 0 spiro atoms. The molecule has 1 aromatic carbocycles. The molecule has 134 valence electrons. The van der Waals surface area contributed by atoms with E-state index in [0.717, 1.165) is 0 Å². The third-order valence-corrected chi connectivity index (χ3v) is 4.49. The summed E-state index contributed by atoms with van der Waals surface area (Å²) in [5, 5.41) is 11.9. The van der Waals surface area contributed by atoms with E-state index in [1.165, 1.54) is 18.2 Å². The SMILES string of the molecule is CCC(C(=O)O)N1CCC(C(=O)Nc2ccc(F)c(Cl)c2)CC1.Cl. The Balaban J connectivity index is 0.00000288. The molecule has 1 saturated heterocycles. The average Bonchev–Trinajstić information content (AvgIpc) is 2.52. The maximum atomic E-state index is 13.1. The van der Waals surface area contributed by atoms with E-state index in [1.807, 2.05) is 11.8 Å². The standard InChI is InChI=1S/C16H20ClFN2O3.ClH/c1-2-14(16(22)23)20-7-5-10(6-8-20)15(21)19-11-3-4-13(18)12(17)9-11;/h3-4,9-10,14H,2,5-8H2,1H3,(H,19,21)(H,22,23);1H. The van der Waals surface area contributed by atoms with Crippen molar-refractivity contribution in [3.8, 4) is 0 Å². The number of carbonyl (C=O) groups excluding carboxylic acids is 1. The minimum atomic E-state index is -0.823. The third kappa shape index (κ3) is 5.06. The topological polar surface area (TPSA) is 69.6 Å². The number of aliphatic carboxylic acids is 1. The molecule has 1 aliphatic rings. The van der Waals surface area contributed by atoms with Crippen molar-refractivity contribution in [3.05, 3.63) is 29.0 Å². The second-order valence-electron chi connectivity index (χ2n) is 5.69. The van der Waals surface area contributed by atoms with Crippen molar-refractivity contribution in [1.82, 2.24) is 4.90 Å². The van der Waals surface area contributed by atoms with Crippen LogP contribution in [0.5, 0.6) is 0 Å². The van der Waals surface area contributed by atoms with Crippen LogP contribution in [0.3, 0.4) is 0 Å². The van der Waals surface area contributed by atoms with Crippen molar-refractivity contribution in [2.24, 2.45) is 5.92 Å². The lowest BCUT2D eigenvalue weighted by atomic mass is 9.94. The van der Waals surface area contributed by atoms with E-state index >= 15 is 0 Å². The normalized spacial score (nSPS) is 17.0. The first-order chi connectivity index (χ1) is 10.9. The summed E-state index contributed by atoms with van der Waals surface area (Å²) < 4.78 is 13.1. The Morgan fingerprint density at radius 2 is 2.04 bits per heavy atom. The number of carboxylic acids is 1. The van der Waals surface area contributed by atoms with Crippen LogP contribution in [-0.2, 0) is 9.59 Å². The number of carbonyl (C=O) groups is 2. The number of carboxylic acid groups (broad SMARTS) is 1. The summed E-state index contributed by atoms with van der Waals surface area (Å²) in [6.07, 6.45) is 1.75. The lowest BCUT2D eigenvalue weighted by Crippen LogP contribution is -2.46. The molecule has 1 fully saturated rings. The number of nitrogens with one attached hydrogen (secondary N) is 1. The van der Waals surface area contributed by atoms with Crippen molar-refractivity contribution in [2.75, 3.05) is 18.4 Å². The van der Waals surface area contributed by atoms with Gasteiger partial charge in [-0.05, 0) is 50.6 Å². The third-order valence-electron chi connectivity index (χ3n) is 4.20. The Hall–Kier alpha value is -1.37. The Morgan fingerprint density at radius 1 is 1.42 bits per heavy atom. The number of hydrogen-bond donors (Lipinski definition) is 2. The smallest absolute Gasteiger partial charge is 0.320 e. The lowest BCUT2D eigenvalue weighted by molar-refractivity contribution is -0.144. The Bertz CT molecular complexity index is 593. The van der Waals surface area contributed by atoms with E-state index in [2.05, 4.69) is 5.32 Å². The van der Waals surface area contributed by atoms with Crippen LogP contribution >= 0.6 is 24.0 Å². The minimum absolute atomic E-state index is 0. The first-order valence-electron chi connectivity index (χ1n) is 7.65. The van der Waals surface area contributed by atoms with Crippen LogP contribution in [0.15, 0.2) is 18.2 Å². The molecule has 1 atom stereocenters. The fourth-order valence-electron chi connectivity index (χ4n) is 2.88. The second kappa shape index (κ2) is 9.20. The van der Waals surface area contributed by atoms with Gasteiger partial charge in [-0.1, -0.05) is 18.5 Å². The highest BCUT2D eigenvalue weighted by Gasteiger charge is 2.31. The van der Waals surface area contributed by atoms with Crippen LogP contribution in [0.25, 0.3) is 0 Å². The summed E-state index contributed by atoms with van der Waals surface area (Å²) in [7, 11) is 0.